The highest BCUT2D eigenvalue weighted by molar-refractivity contribution is 7.70. The smallest absolute Gasteiger partial charge is 0.324 e. The maximum Gasteiger partial charge on any atom is 0.341 e. The Kier molecular flexibility index (Phi) is 13.3. The van der Waals surface area contributed by atoms with Gasteiger partial charge in [0.1, 0.15) is 0 Å². The highest BCUT2D eigenvalue weighted by Crippen LogP contribution is 2.60. The third-order valence-corrected chi connectivity index (χ3v) is 9.26. The van der Waals surface area contributed by atoms with Gasteiger partial charge in [0.25, 0.3) is 0 Å². The number of hydrogen-bond acceptors (Lipinski definition) is 4. The SMILES string of the molecule is CC(C)=CCC/C(C)=C/CC/C(C)=C/CC/C(C)=C/Cn1cc(CC(P(=O)(O)O)P(=O)(O)O)nn1. The van der Waals surface area contributed by atoms with Gasteiger partial charge in [0, 0.05) is 12.6 Å². The van der Waals surface area contributed by atoms with E-state index in [-0.39, 0.29) is 5.69 Å². The molecule has 1 rings (SSSR count). The van der Waals surface area contributed by atoms with E-state index in [1.54, 1.807) is 0 Å². The van der Waals surface area contributed by atoms with Crippen molar-refractivity contribution in [1.29, 1.82) is 0 Å². The van der Waals surface area contributed by atoms with E-state index in [4.69, 9.17) is 0 Å². The third kappa shape index (κ3) is 13.9. The van der Waals surface area contributed by atoms with E-state index in [2.05, 4.69) is 56.2 Å². The van der Waals surface area contributed by atoms with Gasteiger partial charge in [0.2, 0.25) is 0 Å². The molecule has 4 N–H and O–H groups in total. The summed E-state index contributed by atoms with van der Waals surface area (Å²) in [5, 5.41) is 5.56. The molecule has 0 spiro atoms. The summed E-state index contributed by atoms with van der Waals surface area (Å²) >= 11 is 0. The monoisotopic (exact) mass is 529 g/mol. The van der Waals surface area contributed by atoms with Crippen molar-refractivity contribution < 1.29 is 28.7 Å². The van der Waals surface area contributed by atoms with Gasteiger partial charge in [0.15, 0.2) is 5.40 Å². The summed E-state index contributed by atoms with van der Waals surface area (Å²) < 4.78 is 24.3. The van der Waals surface area contributed by atoms with Crippen LogP contribution in [0, 0.1) is 0 Å². The lowest BCUT2D eigenvalue weighted by Gasteiger charge is -2.18. The molecule has 0 aliphatic rings. The van der Waals surface area contributed by atoms with Gasteiger partial charge in [-0.05, 0) is 73.1 Å². The first kappa shape index (κ1) is 31.4. The van der Waals surface area contributed by atoms with Crippen molar-refractivity contribution in [3.05, 3.63) is 58.5 Å². The van der Waals surface area contributed by atoms with Gasteiger partial charge in [-0.3, -0.25) is 9.13 Å². The largest absolute Gasteiger partial charge is 0.341 e. The number of hydrogen-bond donors (Lipinski definition) is 4. The molecule has 0 saturated carbocycles. The average Bonchev–Trinajstić information content (AvgIpc) is 3.16. The summed E-state index contributed by atoms with van der Waals surface area (Å²) in [4.78, 5) is 37.0. The van der Waals surface area contributed by atoms with Crippen molar-refractivity contribution >= 4 is 15.2 Å². The van der Waals surface area contributed by atoms with Crippen LogP contribution in [0.5, 0.6) is 0 Å². The van der Waals surface area contributed by atoms with Gasteiger partial charge in [-0.15, -0.1) is 5.10 Å². The quantitative estimate of drug-likeness (QED) is 0.168. The molecular weight excluding hydrogens is 488 g/mol. The zero-order valence-electron chi connectivity index (χ0n) is 21.5. The molecule has 0 aliphatic carbocycles. The first-order valence-corrected chi connectivity index (χ1v) is 15.1. The van der Waals surface area contributed by atoms with Crippen molar-refractivity contribution in [1.82, 2.24) is 15.0 Å². The molecule has 0 unspecified atom stereocenters. The van der Waals surface area contributed by atoms with Gasteiger partial charge < -0.3 is 19.6 Å². The van der Waals surface area contributed by atoms with Gasteiger partial charge in [-0.25, -0.2) is 4.68 Å². The van der Waals surface area contributed by atoms with Crippen LogP contribution in [-0.2, 0) is 22.1 Å². The molecule has 0 aliphatic heterocycles. The van der Waals surface area contributed by atoms with E-state index in [0.717, 1.165) is 38.5 Å². The van der Waals surface area contributed by atoms with E-state index in [0.29, 0.717) is 6.54 Å². The summed E-state index contributed by atoms with van der Waals surface area (Å²) in [6.45, 7) is 11.0. The summed E-state index contributed by atoms with van der Waals surface area (Å²) in [6.07, 6.45) is 15.9. The summed E-state index contributed by atoms with van der Waals surface area (Å²) in [5.74, 6) is 0. The van der Waals surface area contributed by atoms with Crippen molar-refractivity contribution in [2.45, 2.75) is 91.5 Å². The Bertz CT molecular complexity index is 1000. The Labute approximate surface area is 209 Å². The summed E-state index contributed by atoms with van der Waals surface area (Å²) in [6, 6.07) is 0. The van der Waals surface area contributed by atoms with Gasteiger partial charge >= 0.3 is 15.2 Å². The Balaban J connectivity index is 2.48. The minimum atomic E-state index is -4.99. The highest BCUT2D eigenvalue weighted by atomic mass is 31.2. The van der Waals surface area contributed by atoms with Crippen molar-refractivity contribution in [2.24, 2.45) is 0 Å². The highest BCUT2D eigenvalue weighted by Gasteiger charge is 2.43. The molecule has 0 saturated heterocycles. The minimum absolute atomic E-state index is 0.118. The van der Waals surface area contributed by atoms with Gasteiger partial charge in [-0.1, -0.05) is 51.8 Å². The molecule has 11 heteroatoms. The summed E-state index contributed by atoms with van der Waals surface area (Å²) in [7, 11) is -9.98. The normalized spacial score (nSPS) is 14.1. The first-order chi connectivity index (χ1) is 16.2. The van der Waals surface area contributed by atoms with Crippen LogP contribution in [0.3, 0.4) is 0 Å². The second-order valence-electron chi connectivity index (χ2n) is 9.34. The Morgan fingerprint density at radius 3 is 1.74 bits per heavy atom. The van der Waals surface area contributed by atoms with Gasteiger partial charge in [0.05, 0.1) is 12.2 Å². The predicted molar refractivity (Wildman–Crippen MR) is 140 cm³/mol. The predicted octanol–water partition coefficient (Wildman–Crippen LogP) is 5.65. The van der Waals surface area contributed by atoms with Crippen molar-refractivity contribution in [2.75, 3.05) is 0 Å². The third-order valence-electron chi connectivity index (χ3n) is 5.54. The molecule has 0 aromatic carbocycles. The molecule has 9 nitrogen and oxygen atoms in total. The zero-order valence-corrected chi connectivity index (χ0v) is 23.3. The molecule has 0 fully saturated rings. The van der Waals surface area contributed by atoms with E-state index < -0.39 is 27.0 Å². The lowest BCUT2D eigenvalue weighted by molar-refractivity contribution is 0.337. The topological polar surface area (TPSA) is 146 Å². The molecule has 0 bridgehead atoms. The second-order valence-corrected chi connectivity index (χ2v) is 13.4. The number of aromatic nitrogens is 3. The maximum atomic E-state index is 11.4. The zero-order chi connectivity index (χ0) is 26.6. The van der Waals surface area contributed by atoms with Crippen LogP contribution in [0.2, 0.25) is 0 Å². The van der Waals surface area contributed by atoms with E-state index in [1.807, 2.05) is 13.0 Å². The molecule has 1 aromatic rings. The van der Waals surface area contributed by atoms with E-state index in [1.165, 1.54) is 33.2 Å². The number of allylic oxidation sites excluding steroid dienone is 8. The molecule has 198 valence electrons. The fourth-order valence-corrected chi connectivity index (χ4v) is 5.80. The molecular formula is C24H41N3O6P2. The van der Waals surface area contributed by atoms with Crippen LogP contribution in [0.1, 0.15) is 78.8 Å². The van der Waals surface area contributed by atoms with Crippen molar-refractivity contribution in [3.63, 3.8) is 0 Å². The summed E-state index contributed by atoms with van der Waals surface area (Å²) in [5.41, 5.74) is 5.46. The molecule has 1 heterocycles. The number of nitrogens with zero attached hydrogens (tertiary/aromatic N) is 3. The lowest BCUT2D eigenvalue weighted by atomic mass is 10.0. The second kappa shape index (κ2) is 14.8. The first-order valence-electron chi connectivity index (χ1n) is 11.8. The Morgan fingerprint density at radius 2 is 1.29 bits per heavy atom. The fourth-order valence-electron chi connectivity index (χ4n) is 3.38. The lowest BCUT2D eigenvalue weighted by Crippen LogP contribution is -2.13. The molecule has 0 atom stereocenters. The molecule has 35 heavy (non-hydrogen) atoms. The van der Waals surface area contributed by atoms with Crippen molar-refractivity contribution in [3.8, 4) is 0 Å². The molecule has 0 radical (unpaired) electrons. The van der Waals surface area contributed by atoms with Crippen LogP contribution >= 0.6 is 15.2 Å². The maximum absolute atomic E-state index is 11.4. The molecule has 0 amide bonds. The van der Waals surface area contributed by atoms with Gasteiger partial charge in [-0.2, -0.15) is 0 Å². The van der Waals surface area contributed by atoms with E-state index in [9.17, 15) is 28.7 Å². The fraction of sp³-hybridized carbons (Fsp3) is 0.583. The van der Waals surface area contributed by atoms with Crippen LogP contribution in [0.4, 0.5) is 0 Å². The van der Waals surface area contributed by atoms with Crippen LogP contribution in [0.15, 0.2) is 52.8 Å². The Hall–Kier alpha value is -1.60. The minimum Gasteiger partial charge on any atom is -0.324 e. The standard InChI is InChI=1S/C24H41N3O6P2/c1-19(2)9-6-10-20(3)11-7-12-21(4)13-8-14-22(5)15-16-27-18-23(25-26-27)17-24(34(28,29)30)35(31,32)33/h9,11,13,15,18,24H,6-8,10,12,14,16-17H2,1-5H3,(H2,28,29,30)(H2,31,32,33)/b20-11+,21-13+,22-15+. The van der Waals surface area contributed by atoms with E-state index >= 15 is 0 Å². The van der Waals surface area contributed by atoms with Crippen LogP contribution in [0.25, 0.3) is 0 Å². The van der Waals surface area contributed by atoms with Crippen LogP contribution < -0.4 is 0 Å². The Morgan fingerprint density at radius 1 is 0.829 bits per heavy atom. The number of rotatable bonds is 15. The van der Waals surface area contributed by atoms with Crippen LogP contribution in [-0.4, -0.2) is 40.0 Å². The average molecular weight is 530 g/mol. The molecule has 1 aromatic heterocycles.